The second kappa shape index (κ2) is 5.31. The van der Waals surface area contributed by atoms with Gasteiger partial charge in [0.25, 0.3) is 0 Å². The molecule has 2 heteroatoms. The number of aliphatic hydroxyl groups is 1. The summed E-state index contributed by atoms with van der Waals surface area (Å²) in [7, 11) is 0. The molecule has 0 spiro atoms. The van der Waals surface area contributed by atoms with E-state index in [9.17, 15) is 9.90 Å². The SMILES string of the molecule is CCCCC(C)(O)[CH]C(=O)CC. The van der Waals surface area contributed by atoms with Crippen molar-refractivity contribution in [2.45, 2.75) is 52.1 Å². The van der Waals surface area contributed by atoms with Gasteiger partial charge in [-0.05, 0) is 13.3 Å². The quantitative estimate of drug-likeness (QED) is 0.664. The Bertz CT molecular complexity index is 139. The summed E-state index contributed by atoms with van der Waals surface area (Å²) >= 11 is 0. The van der Waals surface area contributed by atoms with Gasteiger partial charge in [-0.1, -0.05) is 26.7 Å². The van der Waals surface area contributed by atoms with Crippen LogP contribution in [-0.2, 0) is 4.79 Å². The molecule has 0 aromatic carbocycles. The van der Waals surface area contributed by atoms with E-state index in [4.69, 9.17) is 0 Å². The number of hydrogen-bond donors (Lipinski definition) is 1. The van der Waals surface area contributed by atoms with Gasteiger partial charge in [0.1, 0.15) is 5.78 Å². The molecule has 0 saturated carbocycles. The zero-order valence-electron chi connectivity index (χ0n) is 8.26. The van der Waals surface area contributed by atoms with Gasteiger partial charge < -0.3 is 5.11 Å². The first-order valence-electron chi connectivity index (χ1n) is 4.63. The van der Waals surface area contributed by atoms with Crippen molar-refractivity contribution in [2.24, 2.45) is 0 Å². The fourth-order valence-corrected chi connectivity index (χ4v) is 1.06. The lowest BCUT2D eigenvalue weighted by molar-refractivity contribution is -0.117. The van der Waals surface area contributed by atoms with Gasteiger partial charge in [-0.2, -0.15) is 0 Å². The highest BCUT2D eigenvalue weighted by atomic mass is 16.3. The van der Waals surface area contributed by atoms with Gasteiger partial charge in [0.15, 0.2) is 0 Å². The number of hydrogen-bond acceptors (Lipinski definition) is 2. The van der Waals surface area contributed by atoms with Gasteiger partial charge >= 0.3 is 0 Å². The molecule has 1 N–H and O–H groups in total. The molecular formula is C10H19O2. The van der Waals surface area contributed by atoms with E-state index in [0.717, 1.165) is 12.8 Å². The summed E-state index contributed by atoms with van der Waals surface area (Å²) in [6.45, 7) is 5.56. The predicted molar refractivity (Wildman–Crippen MR) is 49.7 cm³/mol. The highest BCUT2D eigenvalue weighted by Crippen LogP contribution is 2.17. The second-order valence-electron chi connectivity index (χ2n) is 3.42. The van der Waals surface area contributed by atoms with Crippen LogP contribution < -0.4 is 0 Å². The Kier molecular flexibility index (Phi) is 5.14. The van der Waals surface area contributed by atoms with E-state index in [0.29, 0.717) is 12.8 Å². The van der Waals surface area contributed by atoms with E-state index >= 15 is 0 Å². The average molecular weight is 171 g/mol. The molecule has 1 atom stereocenters. The molecule has 0 heterocycles. The van der Waals surface area contributed by atoms with Crippen LogP contribution in [0.2, 0.25) is 0 Å². The Hall–Kier alpha value is -0.370. The highest BCUT2D eigenvalue weighted by Gasteiger charge is 2.22. The van der Waals surface area contributed by atoms with Crippen molar-refractivity contribution in [1.82, 2.24) is 0 Å². The maximum atomic E-state index is 11.0. The van der Waals surface area contributed by atoms with E-state index in [2.05, 4.69) is 6.92 Å². The minimum absolute atomic E-state index is 0.0242. The number of ketones is 1. The molecular weight excluding hydrogens is 152 g/mol. The van der Waals surface area contributed by atoms with Gasteiger partial charge in [-0.3, -0.25) is 4.79 Å². The first kappa shape index (κ1) is 11.6. The van der Waals surface area contributed by atoms with Crippen molar-refractivity contribution in [3.63, 3.8) is 0 Å². The van der Waals surface area contributed by atoms with E-state index in [-0.39, 0.29) is 5.78 Å². The minimum Gasteiger partial charge on any atom is -0.389 e. The lowest BCUT2D eigenvalue weighted by Gasteiger charge is -2.21. The van der Waals surface area contributed by atoms with E-state index in [1.807, 2.05) is 0 Å². The number of unbranched alkanes of at least 4 members (excludes halogenated alkanes) is 1. The first-order valence-corrected chi connectivity index (χ1v) is 4.63. The molecule has 1 unspecified atom stereocenters. The molecule has 0 rings (SSSR count). The van der Waals surface area contributed by atoms with Crippen molar-refractivity contribution in [3.05, 3.63) is 6.42 Å². The van der Waals surface area contributed by atoms with Crippen LogP contribution in [0.15, 0.2) is 0 Å². The Labute approximate surface area is 75.0 Å². The standard InChI is InChI=1S/C10H19O2/c1-4-6-7-10(3,12)8-9(11)5-2/h8,12H,4-7H2,1-3H3. The van der Waals surface area contributed by atoms with Crippen LogP contribution in [0.1, 0.15) is 46.5 Å². The third kappa shape index (κ3) is 5.30. The van der Waals surface area contributed by atoms with E-state index < -0.39 is 5.60 Å². The smallest absolute Gasteiger partial charge is 0.139 e. The van der Waals surface area contributed by atoms with Crippen molar-refractivity contribution >= 4 is 5.78 Å². The number of carbonyl (C=O) groups excluding carboxylic acids is 1. The summed E-state index contributed by atoms with van der Waals surface area (Å²) in [4.78, 5) is 11.0. The lowest BCUT2D eigenvalue weighted by atomic mass is 9.92. The lowest BCUT2D eigenvalue weighted by Crippen LogP contribution is -2.28. The van der Waals surface area contributed by atoms with Crippen LogP contribution >= 0.6 is 0 Å². The summed E-state index contributed by atoms with van der Waals surface area (Å²) in [6, 6.07) is 0. The number of rotatable bonds is 6. The largest absolute Gasteiger partial charge is 0.389 e. The van der Waals surface area contributed by atoms with Crippen molar-refractivity contribution in [3.8, 4) is 0 Å². The molecule has 71 valence electrons. The summed E-state index contributed by atoms with van der Waals surface area (Å²) in [5.74, 6) is 0.0242. The first-order chi connectivity index (χ1) is 5.52. The van der Waals surface area contributed by atoms with Gasteiger partial charge in [0.2, 0.25) is 0 Å². The van der Waals surface area contributed by atoms with Crippen molar-refractivity contribution in [1.29, 1.82) is 0 Å². The van der Waals surface area contributed by atoms with Crippen LogP contribution in [0.25, 0.3) is 0 Å². The predicted octanol–water partition coefficient (Wildman–Crippen LogP) is 2.11. The Morgan fingerprint density at radius 2 is 2.08 bits per heavy atom. The fraction of sp³-hybridized carbons (Fsp3) is 0.800. The minimum atomic E-state index is -0.900. The molecule has 0 aliphatic heterocycles. The van der Waals surface area contributed by atoms with Crippen LogP contribution in [0.4, 0.5) is 0 Å². The summed E-state index contributed by atoms with van der Waals surface area (Å²) in [5.41, 5.74) is -0.900. The van der Waals surface area contributed by atoms with E-state index in [1.54, 1.807) is 13.8 Å². The van der Waals surface area contributed by atoms with Crippen LogP contribution in [0, 0.1) is 6.42 Å². The van der Waals surface area contributed by atoms with E-state index in [1.165, 1.54) is 6.42 Å². The molecule has 2 nitrogen and oxygen atoms in total. The van der Waals surface area contributed by atoms with Gasteiger partial charge in [0.05, 0.1) is 12.0 Å². The van der Waals surface area contributed by atoms with Gasteiger partial charge in [-0.25, -0.2) is 0 Å². The molecule has 1 radical (unpaired) electrons. The summed E-state index contributed by atoms with van der Waals surface area (Å²) in [6.07, 6.45) is 4.59. The zero-order chi connectivity index (χ0) is 9.61. The molecule has 0 aliphatic rings. The fourth-order valence-electron chi connectivity index (χ4n) is 1.06. The Balaban J connectivity index is 3.77. The number of Topliss-reactive ketones (excluding diaryl/α,β-unsaturated/α-hetero) is 1. The summed E-state index contributed by atoms with van der Waals surface area (Å²) < 4.78 is 0. The molecule has 12 heavy (non-hydrogen) atoms. The Morgan fingerprint density at radius 1 is 1.50 bits per heavy atom. The normalized spacial score (nSPS) is 15.7. The average Bonchev–Trinajstić information content (AvgIpc) is 2.00. The molecule has 0 aromatic heterocycles. The third-order valence-electron chi connectivity index (χ3n) is 1.86. The molecule has 0 saturated heterocycles. The maximum Gasteiger partial charge on any atom is 0.139 e. The Morgan fingerprint density at radius 3 is 2.50 bits per heavy atom. The number of carbonyl (C=O) groups is 1. The molecule has 0 fully saturated rings. The third-order valence-corrected chi connectivity index (χ3v) is 1.86. The topological polar surface area (TPSA) is 37.3 Å². The van der Waals surface area contributed by atoms with Crippen LogP contribution in [-0.4, -0.2) is 16.5 Å². The highest BCUT2D eigenvalue weighted by molar-refractivity contribution is 5.87. The van der Waals surface area contributed by atoms with Gasteiger partial charge in [0, 0.05) is 6.42 Å². The van der Waals surface area contributed by atoms with Crippen LogP contribution in [0.3, 0.4) is 0 Å². The van der Waals surface area contributed by atoms with Gasteiger partial charge in [-0.15, -0.1) is 0 Å². The summed E-state index contributed by atoms with van der Waals surface area (Å²) in [5, 5.41) is 9.67. The monoisotopic (exact) mass is 171 g/mol. The zero-order valence-corrected chi connectivity index (χ0v) is 8.26. The molecule has 0 aliphatic carbocycles. The van der Waals surface area contributed by atoms with Crippen molar-refractivity contribution < 1.29 is 9.90 Å². The van der Waals surface area contributed by atoms with Crippen LogP contribution in [0.5, 0.6) is 0 Å². The maximum absolute atomic E-state index is 11.0. The van der Waals surface area contributed by atoms with Crippen molar-refractivity contribution in [2.75, 3.05) is 0 Å². The second-order valence-corrected chi connectivity index (χ2v) is 3.42. The molecule has 0 amide bonds. The molecule has 0 bridgehead atoms. The molecule has 0 aromatic rings.